The number of amides is 1. The van der Waals surface area contributed by atoms with E-state index in [1.807, 2.05) is 30.3 Å². The normalized spacial score (nSPS) is 21.9. The van der Waals surface area contributed by atoms with Crippen LogP contribution in [0.4, 0.5) is 0 Å². The minimum Gasteiger partial charge on any atom is -0.548 e. The summed E-state index contributed by atoms with van der Waals surface area (Å²) >= 11 is 0. The molecule has 0 N–H and O–H groups in total. The second-order valence-electron chi connectivity index (χ2n) is 11.5. The number of nitrogens with zero attached hydrogens (tertiary/aromatic N) is 1. The number of aliphatic carboxylic acids is 1. The fourth-order valence-corrected chi connectivity index (χ4v) is 8.09. The van der Waals surface area contributed by atoms with Gasteiger partial charge in [0.25, 0.3) is 0 Å². The van der Waals surface area contributed by atoms with Crippen LogP contribution < -0.4 is 34.7 Å². The first-order chi connectivity index (χ1) is 18.6. The summed E-state index contributed by atoms with van der Waals surface area (Å²) in [5, 5.41) is 12.0. The molecule has 1 aliphatic heterocycles. The van der Waals surface area contributed by atoms with Crippen molar-refractivity contribution in [1.29, 1.82) is 0 Å². The van der Waals surface area contributed by atoms with Crippen molar-refractivity contribution in [1.82, 2.24) is 4.90 Å². The molecule has 1 aromatic carbocycles. The average molecular weight is 586 g/mol. The van der Waals surface area contributed by atoms with E-state index >= 15 is 0 Å². The van der Waals surface area contributed by atoms with Crippen molar-refractivity contribution in [2.24, 2.45) is 17.8 Å². The second kappa shape index (κ2) is 17.1. The number of benzene rings is 1. The van der Waals surface area contributed by atoms with Crippen molar-refractivity contribution in [3.05, 3.63) is 35.9 Å². The molecule has 2 fully saturated rings. The van der Waals surface area contributed by atoms with Gasteiger partial charge in [-0.3, -0.25) is 18.7 Å². The van der Waals surface area contributed by atoms with E-state index in [1.54, 1.807) is 20.8 Å². The molecule has 8 nitrogen and oxygen atoms in total. The third kappa shape index (κ3) is 10.6. The van der Waals surface area contributed by atoms with Crippen LogP contribution in [0, 0.1) is 17.8 Å². The molecule has 1 aromatic rings. The van der Waals surface area contributed by atoms with Crippen LogP contribution in [0.3, 0.4) is 0 Å². The molecule has 0 spiro atoms. The van der Waals surface area contributed by atoms with Crippen LogP contribution in [0.1, 0.15) is 84.1 Å². The Morgan fingerprint density at radius 2 is 1.73 bits per heavy atom. The molecule has 1 saturated heterocycles. The van der Waals surface area contributed by atoms with E-state index in [2.05, 4.69) is 0 Å². The molecule has 0 bridgehead atoms. The largest absolute Gasteiger partial charge is 1.00 e. The number of hydrogen-bond acceptors (Lipinski definition) is 7. The molecule has 10 heteroatoms. The van der Waals surface area contributed by atoms with Crippen LogP contribution in [0.5, 0.6) is 0 Å². The second-order valence-corrected chi connectivity index (χ2v) is 14.1. The summed E-state index contributed by atoms with van der Waals surface area (Å²) in [4.78, 5) is 39.0. The predicted octanol–water partition coefficient (Wildman–Crippen LogP) is 1.79. The van der Waals surface area contributed by atoms with Crippen molar-refractivity contribution in [2.75, 3.05) is 18.9 Å². The van der Waals surface area contributed by atoms with Gasteiger partial charge in [0.1, 0.15) is 6.16 Å². The van der Waals surface area contributed by atoms with E-state index in [-0.39, 0.29) is 54.0 Å². The Hall–Kier alpha value is -1.18. The number of ether oxygens (including phenoxy) is 1. The number of likely N-dealkylation sites (tertiary alicyclic amines) is 1. The van der Waals surface area contributed by atoms with Gasteiger partial charge in [0.2, 0.25) is 19.6 Å². The van der Waals surface area contributed by atoms with Gasteiger partial charge >= 0.3 is 35.5 Å². The summed E-state index contributed by atoms with van der Waals surface area (Å²) in [5.41, 5.74) is 1.17. The van der Waals surface area contributed by atoms with Crippen LogP contribution in [0.2, 0.25) is 0 Å². The van der Waals surface area contributed by atoms with Gasteiger partial charge in [0, 0.05) is 25.0 Å². The topological polar surface area (TPSA) is 113 Å². The fraction of sp³-hybridized carbons (Fsp3) is 0.700. The molecule has 1 aliphatic carbocycles. The first-order valence-electron chi connectivity index (χ1n) is 14.6. The first-order valence-corrected chi connectivity index (χ1v) is 16.6. The van der Waals surface area contributed by atoms with E-state index < -0.39 is 43.7 Å². The quantitative estimate of drug-likeness (QED) is 0.108. The Bertz CT molecular complexity index is 999. The zero-order chi connectivity index (χ0) is 28.4. The third-order valence-corrected chi connectivity index (χ3v) is 10.4. The summed E-state index contributed by atoms with van der Waals surface area (Å²) in [6, 6.07) is 8.96. The van der Waals surface area contributed by atoms with Crippen molar-refractivity contribution in [3.8, 4) is 0 Å². The van der Waals surface area contributed by atoms with Crippen molar-refractivity contribution < 1.29 is 62.9 Å². The maximum atomic E-state index is 14.2. The summed E-state index contributed by atoms with van der Waals surface area (Å²) in [7, 11) is -3.62. The Morgan fingerprint density at radius 3 is 2.33 bits per heavy atom. The van der Waals surface area contributed by atoms with Gasteiger partial charge in [-0.05, 0) is 43.1 Å². The van der Waals surface area contributed by atoms with Crippen LogP contribution in [0.25, 0.3) is 0 Å². The molecule has 3 rings (SSSR count). The van der Waals surface area contributed by atoms with E-state index in [0.717, 1.165) is 38.5 Å². The van der Waals surface area contributed by atoms with E-state index in [9.17, 15) is 24.1 Å². The maximum Gasteiger partial charge on any atom is 1.00 e. The monoisotopic (exact) mass is 585 g/mol. The molecule has 0 unspecified atom stereocenters. The van der Waals surface area contributed by atoms with E-state index in [4.69, 9.17) is 9.26 Å². The van der Waals surface area contributed by atoms with Gasteiger partial charge in [0.05, 0.1) is 12.0 Å². The van der Waals surface area contributed by atoms with Gasteiger partial charge in [-0.2, -0.15) is 0 Å². The standard InChI is InChI=1S/C30H46NO7P.Na/c1-4-28(33)37-30(22(2)3)38-39(36,18-12-11-15-23-13-7-5-8-14-23)21-27(32)31-20-25(19-26(31)29(34)35)24-16-9-6-10-17-24;/h5,7-8,13-14,22,24-26,30H,4,6,9-12,15-21H2,1-3H3,(H,34,35);/q;+1/p-1/t25-,26+,30-,39+;/m0./s1. The van der Waals surface area contributed by atoms with Gasteiger partial charge in [-0.25, -0.2) is 0 Å². The van der Waals surface area contributed by atoms with Gasteiger partial charge in [0.15, 0.2) is 0 Å². The third-order valence-electron chi connectivity index (χ3n) is 8.05. The SMILES string of the molecule is CCC(=O)O[C@@H](O[P@](=O)(CCCCc1ccccc1)CC(=O)N1C[C@@H](C2CCCCC2)C[C@@H]1C(=O)[O-])C(C)C.[Na+]. The van der Waals surface area contributed by atoms with Gasteiger partial charge in [-0.15, -0.1) is 0 Å². The smallest absolute Gasteiger partial charge is 0.548 e. The van der Waals surface area contributed by atoms with Crippen LogP contribution in [-0.4, -0.2) is 53.9 Å². The van der Waals surface area contributed by atoms with E-state index in [0.29, 0.717) is 25.3 Å². The molecule has 0 radical (unpaired) electrons. The fourth-order valence-electron chi connectivity index (χ4n) is 5.79. The number of carbonyl (C=O) groups is 3. The molecule has 4 atom stereocenters. The average Bonchev–Trinajstić information content (AvgIpc) is 3.38. The Kier molecular flexibility index (Phi) is 14.9. The number of hydrogen-bond donors (Lipinski definition) is 0. The molecular formula is C30H45NNaO7P. The minimum absolute atomic E-state index is 0. The number of aryl methyl sites for hydroxylation is 1. The number of esters is 1. The number of carboxylic acid groups (broad SMARTS) is 1. The first kappa shape index (κ1) is 35.0. The zero-order valence-electron chi connectivity index (χ0n) is 24.7. The number of carbonyl (C=O) groups excluding carboxylic acids is 3. The van der Waals surface area contributed by atoms with Crippen molar-refractivity contribution in [2.45, 2.75) is 97.3 Å². The Labute approximate surface area is 261 Å². The molecule has 40 heavy (non-hydrogen) atoms. The molecular weight excluding hydrogens is 540 g/mol. The van der Waals surface area contributed by atoms with Crippen molar-refractivity contribution in [3.63, 3.8) is 0 Å². The number of rotatable bonds is 14. The molecule has 1 heterocycles. The molecule has 218 valence electrons. The molecule has 0 aromatic heterocycles. The molecule has 1 amide bonds. The zero-order valence-corrected chi connectivity index (χ0v) is 27.6. The van der Waals surface area contributed by atoms with Crippen LogP contribution >= 0.6 is 7.37 Å². The summed E-state index contributed by atoms with van der Waals surface area (Å²) < 4.78 is 25.6. The van der Waals surface area contributed by atoms with Crippen LogP contribution in [-0.2, 0) is 34.6 Å². The Balaban J connectivity index is 0.00000560. The number of unbranched alkanes of at least 4 members (excludes halogenated alkanes) is 1. The maximum absolute atomic E-state index is 14.2. The summed E-state index contributed by atoms with van der Waals surface area (Å²) in [6.45, 7) is 5.62. The summed E-state index contributed by atoms with van der Waals surface area (Å²) in [5.74, 6) is -1.99. The Morgan fingerprint density at radius 1 is 1.05 bits per heavy atom. The number of carboxylic acids is 1. The van der Waals surface area contributed by atoms with Crippen molar-refractivity contribution >= 4 is 25.2 Å². The molecule has 2 aliphatic rings. The van der Waals surface area contributed by atoms with E-state index in [1.165, 1.54) is 16.9 Å². The summed E-state index contributed by atoms with van der Waals surface area (Å²) in [6.07, 6.45) is 6.88. The van der Waals surface area contributed by atoms with Gasteiger partial charge in [-0.1, -0.05) is 83.2 Å². The van der Waals surface area contributed by atoms with Crippen LogP contribution in [0.15, 0.2) is 30.3 Å². The molecule has 1 saturated carbocycles. The van der Waals surface area contributed by atoms with Gasteiger partial charge < -0.3 is 19.5 Å². The predicted molar refractivity (Wildman–Crippen MR) is 148 cm³/mol. The minimum atomic E-state index is -3.62.